The second kappa shape index (κ2) is 9.20. The highest BCUT2D eigenvalue weighted by Crippen LogP contribution is 2.25. The molecule has 2 rings (SSSR count). The van der Waals surface area contributed by atoms with Gasteiger partial charge in [0.15, 0.2) is 0 Å². The van der Waals surface area contributed by atoms with Crippen LogP contribution in [0.15, 0.2) is 46.4 Å². The fourth-order valence-electron chi connectivity index (χ4n) is 2.24. The summed E-state index contributed by atoms with van der Waals surface area (Å²) in [5.41, 5.74) is 2.76. The molecule has 6 nitrogen and oxygen atoms in total. The minimum absolute atomic E-state index is 0.0330. The maximum absolute atomic E-state index is 12.3. The van der Waals surface area contributed by atoms with Crippen LogP contribution in [0.4, 0.5) is 0 Å². The van der Waals surface area contributed by atoms with Crippen LogP contribution >= 0.6 is 11.6 Å². The Morgan fingerprint density at radius 1 is 1.38 bits per heavy atom. The fraction of sp³-hybridized carbons (Fsp3) is 0.316. The van der Waals surface area contributed by atoms with Gasteiger partial charge in [0.1, 0.15) is 11.3 Å². The Morgan fingerprint density at radius 2 is 2.15 bits per heavy atom. The second-order valence-corrected chi connectivity index (χ2v) is 6.37. The molecule has 0 aliphatic rings. The van der Waals surface area contributed by atoms with Crippen LogP contribution in [-0.4, -0.2) is 23.3 Å². The molecule has 0 saturated carbocycles. The Morgan fingerprint density at radius 3 is 2.81 bits per heavy atom. The monoisotopic (exact) mass is 375 g/mol. The molecule has 0 unspecified atom stereocenters. The van der Waals surface area contributed by atoms with E-state index < -0.39 is 5.91 Å². The van der Waals surface area contributed by atoms with E-state index >= 15 is 0 Å². The molecule has 0 saturated heterocycles. The lowest BCUT2D eigenvalue weighted by atomic mass is 10.2. The predicted octanol–water partition coefficient (Wildman–Crippen LogP) is 3.64. The second-order valence-electron chi connectivity index (χ2n) is 5.97. The van der Waals surface area contributed by atoms with E-state index in [1.54, 1.807) is 30.5 Å². The van der Waals surface area contributed by atoms with Crippen molar-refractivity contribution in [2.24, 2.45) is 5.10 Å². The molecular weight excluding hydrogens is 354 g/mol. The van der Waals surface area contributed by atoms with Crippen molar-refractivity contribution in [3.63, 3.8) is 0 Å². The fourth-order valence-corrected chi connectivity index (χ4v) is 2.49. The van der Waals surface area contributed by atoms with E-state index in [1.807, 2.05) is 20.8 Å². The zero-order valence-corrected chi connectivity index (χ0v) is 15.8. The third kappa shape index (κ3) is 4.95. The first-order valence-electron chi connectivity index (χ1n) is 8.41. The Labute approximate surface area is 157 Å². The van der Waals surface area contributed by atoms with Gasteiger partial charge in [0.05, 0.1) is 17.8 Å². The third-order valence-electron chi connectivity index (χ3n) is 3.57. The zero-order valence-electron chi connectivity index (χ0n) is 15.0. The van der Waals surface area contributed by atoms with E-state index in [2.05, 4.69) is 10.5 Å². The van der Waals surface area contributed by atoms with E-state index in [0.717, 1.165) is 6.42 Å². The van der Waals surface area contributed by atoms with Crippen molar-refractivity contribution >= 4 is 23.7 Å². The van der Waals surface area contributed by atoms with Gasteiger partial charge in [-0.25, -0.2) is 5.43 Å². The number of ether oxygens (including phenoxy) is 1. The lowest BCUT2D eigenvalue weighted by molar-refractivity contribution is 0.0953. The molecule has 0 atom stereocenters. The van der Waals surface area contributed by atoms with E-state index in [1.165, 1.54) is 16.8 Å². The average Bonchev–Trinajstić information content (AvgIpc) is 2.60. The molecule has 0 radical (unpaired) electrons. The third-order valence-corrected chi connectivity index (χ3v) is 3.87. The summed E-state index contributed by atoms with van der Waals surface area (Å²) in [7, 11) is 0. The normalized spacial score (nSPS) is 11.1. The average molecular weight is 376 g/mol. The maximum Gasteiger partial charge on any atom is 0.276 e. The molecule has 1 N–H and O–H groups in total. The molecule has 138 valence electrons. The molecule has 1 aromatic carbocycles. The number of nitrogens with zero attached hydrogens (tertiary/aromatic N) is 2. The zero-order chi connectivity index (χ0) is 19.1. The van der Waals surface area contributed by atoms with E-state index in [0.29, 0.717) is 22.9 Å². The first-order chi connectivity index (χ1) is 12.4. The molecule has 0 aliphatic carbocycles. The summed E-state index contributed by atoms with van der Waals surface area (Å²) in [5.74, 6) is 0.0449. The summed E-state index contributed by atoms with van der Waals surface area (Å²) in [6, 6.07) is 8.32. The number of hydrogen-bond donors (Lipinski definition) is 1. The summed E-state index contributed by atoms with van der Waals surface area (Å²) < 4.78 is 7.00. The SMILES string of the molecule is CCCOc1ccc(/C=N\NC(=O)c2cccn(C(C)C)c2=O)cc1Cl. The van der Waals surface area contributed by atoms with Crippen molar-refractivity contribution in [3.8, 4) is 5.75 Å². The number of nitrogens with one attached hydrogen (secondary N) is 1. The van der Waals surface area contributed by atoms with Crippen molar-refractivity contribution in [3.05, 3.63) is 63.0 Å². The topological polar surface area (TPSA) is 72.7 Å². The highest BCUT2D eigenvalue weighted by atomic mass is 35.5. The van der Waals surface area contributed by atoms with E-state index in [-0.39, 0.29) is 17.2 Å². The number of carbonyl (C=O) groups is 1. The standard InChI is InChI=1S/C19H22ClN3O3/c1-4-10-26-17-8-7-14(11-16(17)20)12-21-22-18(24)15-6-5-9-23(13(2)3)19(15)25/h5-9,11-13H,4,10H2,1-3H3,(H,22,24)/b21-12-. The van der Waals surface area contributed by atoms with Gasteiger partial charge in [-0.15, -0.1) is 0 Å². The molecule has 0 bridgehead atoms. The van der Waals surface area contributed by atoms with E-state index in [9.17, 15) is 9.59 Å². The maximum atomic E-state index is 12.3. The van der Waals surface area contributed by atoms with Gasteiger partial charge in [0.25, 0.3) is 11.5 Å². The Hall–Kier alpha value is -2.60. The summed E-state index contributed by atoms with van der Waals surface area (Å²) in [4.78, 5) is 24.5. The first kappa shape index (κ1) is 19.7. The molecule has 1 amide bonds. The molecule has 2 aromatic rings. The van der Waals surface area contributed by atoms with Crippen LogP contribution in [0.2, 0.25) is 5.02 Å². The number of amides is 1. The number of hydrazone groups is 1. The van der Waals surface area contributed by atoms with Gasteiger partial charge in [0, 0.05) is 12.2 Å². The van der Waals surface area contributed by atoms with Crippen LogP contribution in [-0.2, 0) is 0 Å². The van der Waals surface area contributed by atoms with Crippen LogP contribution < -0.4 is 15.7 Å². The van der Waals surface area contributed by atoms with Gasteiger partial charge in [-0.2, -0.15) is 5.10 Å². The predicted molar refractivity (Wildman–Crippen MR) is 103 cm³/mol. The van der Waals surface area contributed by atoms with Gasteiger partial charge in [-0.3, -0.25) is 9.59 Å². The Kier molecular flexibility index (Phi) is 6.97. The largest absolute Gasteiger partial charge is 0.492 e. The smallest absolute Gasteiger partial charge is 0.276 e. The summed E-state index contributed by atoms with van der Waals surface area (Å²) in [6.45, 7) is 6.35. The number of benzene rings is 1. The van der Waals surface area contributed by atoms with Crippen LogP contribution in [0.1, 0.15) is 49.2 Å². The lowest BCUT2D eigenvalue weighted by Gasteiger charge is -2.10. The van der Waals surface area contributed by atoms with Crippen LogP contribution in [0.3, 0.4) is 0 Å². The molecule has 0 spiro atoms. The van der Waals surface area contributed by atoms with E-state index in [4.69, 9.17) is 16.3 Å². The van der Waals surface area contributed by atoms with Gasteiger partial charge >= 0.3 is 0 Å². The van der Waals surface area contributed by atoms with Gasteiger partial charge < -0.3 is 9.30 Å². The van der Waals surface area contributed by atoms with Crippen LogP contribution in [0.5, 0.6) is 5.75 Å². The number of aromatic nitrogens is 1. The Balaban J connectivity index is 2.07. The van der Waals surface area contributed by atoms with Crippen molar-refractivity contribution in [1.82, 2.24) is 9.99 Å². The molecular formula is C19H22ClN3O3. The summed E-state index contributed by atoms with van der Waals surface area (Å²) in [6.07, 6.45) is 4.00. The highest BCUT2D eigenvalue weighted by Gasteiger charge is 2.12. The van der Waals surface area contributed by atoms with Crippen molar-refractivity contribution in [1.29, 1.82) is 0 Å². The Bertz CT molecular complexity index is 859. The number of carbonyl (C=O) groups excluding carboxylic acids is 1. The first-order valence-corrected chi connectivity index (χ1v) is 8.78. The lowest BCUT2D eigenvalue weighted by Crippen LogP contribution is -2.31. The number of pyridine rings is 1. The molecule has 7 heteroatoms. The van der Waals surface area contributed by atoms with Gasteiger partial charge in [0.2, 0.25) is 0 Å². The van der Waals surface area contributed by atoms with Crippen molar-refractivity contribution < 1.29 is 9.53 Å². The number of hydrogen-bond acceptors (Lipinski definition) is 4. The van der Waals surface area contributed by atoms with Crippen molar-refractivity contribution in [2.45, 2.75) is 33.2 Å². The number of halogens is 1. The molecule has 0 aliphatic heterocycles. The molecule has 26 heavy (non-hydrogen) atoms. The summed E-state index contributed by atoms with van der Waals surface area (Å²) >= 11 is 6.15. The highest BCUT2D eigenvalue weighted by molar-refractivity contribution is 6.32. The molecule has 1 heterocycles. The van der Waals surface area contributed by atoms with Crippen LogP contribution in [0, 0.1) is 0 Å². The number of rotatable bonds is 7. The van der Waals surface area contributed by atoms with Crippen molar-refractivity contribution in [2.75, 3.05) is 6.61 Å². The molecule has 0 fully saturated rings. The van der Waals surface area contributed by atoms with Crippen LogP contribution in [0.25, 0.3) is 0 Å². The van der Waals surface area contributed by atoms with Gasteiger partial charge in [-0.1, -0.05) is 18.5 Å². The summed E-state index contributed by atoms with van der Waals surface area (Å²) in [5, 5.41) is 4.36. The quantitative estimate of drug-likeness (QED) is 0.593. The minimum atomic E-state index is -0.560. The van der Waals surface area contributed by atoms with Gasteiger partial charge in [-0.05, 0) is 56.2 Å². The minimum Gasteiger partial charge on any atom is -0.492 e. The molecule has 1 aromatic heterocycles.